The van der Waals surface area contributed by atoms with Gasteiger partial charge in [0.25, 0.3) is 0 Å². The van der Waals surface area contributed by atoms with Crippen molar-refractivity contribution in [3.8, 4) is 0 Å². The standard InChI is InChI=1S/C7H11ClO3/c1-4-7(9)11-6(3)10-5(2)8/h4-6H,1H2,2-3H3. The van der Waals surface area contributed by atoms with Gasteiger partial charge in [0.05, 0.1) is 0 Å². The van der Waals surface area contributed by atoms with E-state index in [1.807, 2.05) is 0 Å². The van der Waals surface area contributed by atoms with Gasteiger partial charge >= 0.3 is 5.97 Å². The predicted octanol–water partition coefficient (Wildman–Crippen LogP) is 1.66. The molecule has 0 bridgehead atoms. The number of hydrogen-bond acceptors (Lipinski definition) is 3. The minimum atomic E-state index is -0.631. The molecule has 0 aromatic carbocycles. The summed E-state index contributed by atoms with van der Waals surface area (Å²) in [5.41, 5.74) is -0.470. The Kier molecular flexibility index (Phi) is 4.90. The Morgan fingerprint density at radius 1 is 1.64 bits per heavy atom. The molecular formula is C7H11ClO3. The Labute approximate surface area is 70.9 Å². The molecule has 0 rings (SSSR count). The third-order valence-electron chi connectivity index (χ3n) is 0.828. The minimum Gasteiger partial charge on any atom is -0.433 e. The molecule has 0 spiro atoms. The maximum atomic E-state index is 10.5. The number of hydrogen-bond donors (Lipinski definition) is 0. The van der Waals surface area contributed by atoms with Crippen molar-refractivity contribution in [3.05, 3.63) is 12.7 Å². The first kappa shape index (κ1) is 10.5. The highest BCUT2D eigenvalue weighted by molar-refractivity contribution is 6.19. The third-order valence-corrected chi connectivity index (χ3v) is 0.931. The molecule has 0 aliphatic carbocycles. The normalized spacial score (nSPS) is 15.2. The Hall–Kier alpha value is -0.540. The predicted molar refractivity (Wildman–Crippen MR) is 42.2 cm³/mol. The van der Waals surface area contributed by atoms with Gasteiger partial charge in [0.15, 0.2) is 0 Å². The summed E-state index contributed by atoms with van der Waals surface area (Å²) in [4.78, 5) is 10.5. The molecule has 0 aromatic heterocycles. The molecule has 2 unspecified atom stereocenters. The molecule has 2 atom stereocenters. The minimum absolute atomic E-state index is 0.470. The Bertz CT molecular complexity index is 145. The number of alkyl halides is 1. The molecule has 4 heteroatoms. The quantitative estimate of drug-likeness (QED) is 0.284. The lowest BCUT2D eigenvalue weighted by Gasteiger charge is -2.13. The van der Waals surface area contributed by atoms with Crippen LogP contribution in [0.2, 0.25) is 0 Å². The molecule has 0 amide bonds. The van der Waals surface area contributed by atoms with E-state index in [9.17, 15) is 4.79 Å². The summed E-state index contributed by atoms with van der Waals surface area (Å²) in [5, 5.41) is 0. The van der Waals surface area contributed by atoms with E-state index in [0.29, 0.717) is 0 Å². The van der Waals surface area contributed by atoms with Crippen LogP contribution >= 0.6 is 11.6 Å². The lowest BCUT2D eigenvalue weighted by molar-refractivity contribution is -0.170. The molecule has 3 nitrogen and oxygen atoms in total. The van der Waals surface area contributed by atoms with Crippen molar-refractivity contribution in [2.45, 2.75) is 25.7 Å². The Morgan fingerprint density at radius 3 is 2.55 bits per heavy atom. The first-order chi connectivity index (χ1) is 5.06. The maximum absolute atomic E-state index is 10.5. The van der Waals surface area contributed by atoms with Crippen molar-refractivity contribution in [3.63, 3.8) is 0 Å². The lowest BCUT2D eigenvalue weighted by Crippen LogP contribution is -2.19. The molecule has 0 aromatic rings. The molecule has 0 fully saturated rings. The van der Waals surface area contributed by atoms with E-state index in [2.05, 4.69) is 11.3 Å². The average molecular weight is 179 g/mol. The number of rotatable bonds is 4. The second-order valence-corrected chi connectivity index (χ2v) is 2.50. The van der Waals surface area contributed by atoms with Crippen molar-refractivity contribution in [1.82, 2.24) is 0 Å². The number of carbonyl (C=O) groups is 1. The zero-order valence-electron chi connectivity index (χ0n) is 6.54. The highest BCUT2D eigenvalue weighted by Crippen LogP contribution is 2.03. The van der Waals surface area contributed by atoms with E-state index in [1.54, 1.807) is 13.8 Å². The van der Waals surface area contributed by atoms with Crippen LogP contribution in [0.15, 0.2) is 12.7 Å². The number of esters is 1. The zero-order valence-corrected chi connectivity index (χ0v) is 7.30. The smallest absolute Gasteiger partial charge is 0.332 e. The van der Waals surface area contributed by atoms with Gasteiger partial charge < -0.3 is 9.47 Å². The van der Waals surface area contributed by atoms with E-state index in [-0.39, 0.29) is 0 Å². The summed E-state index contributed by atoms with van der Waals surface area (Å²) >= 11 is 5.46. The number of ether oxygens (including phenoxy) is 2. The molecular weight excluding hydrogens is 168 g/mol. The molecule has 0 saturated carbocycles. The molecule has 0 aliphatic rings. The summed E-state index contributed by atoms with van der Waals surface area (Å²) < 4.78 is 9.54. The second-order valence-electron chi connectivity index (χ2n) is 1.89. The molecule has 0 radical (unpaired) electrons. The molecule has 64 valence electrons. The largest absolute Gasteiger partial charge is 0.433 e. The van der Waals surface area contributed by atoms with Crippen molar-refractivity contribution in [1.29, 1.82) is 0 Å². The molecule has 0 saturated heterocycles. The highest BCUT2D eigenvalue weighted by Gasteiger charge is 2.08. The second kappa shape index (κ2) is 5.16. The van der Waals surface area contributed by atoms with Gasteiger partial charge in [-0.05, 0) is 13.8 Å². The Balaban J connectivity index is 3.59. The van der Waals surface area contributed by atoms with Gasteiger partial charge in [-0.3, -0.25) is 0 Å². The first-order valence-corrected chi connectivity index (χ1v) is 3.62. The van der Waals surface area contributed by atoms with Gasteiger partial charge in [-0.25, -0.2) is 4.79 Å². The highest BCUT2D eigenvalue weighted by atomic mass is 35.5. The van der Waals surface area contributed by atoms with Crippen LogP contribution < -0.4 is 0 Å². The lowest BCUT2D eigenvalue weighted by atomic mass is 10.6. The number of carbonyl (C=O) groups excluding carboxylic acids is 1. The average Bonchev–Trinajstić information content (AvgIpc) is 1.85. The van der Waals surface area contributed by atoms with E-state index in [4.69, 9.17) is 16.3 Å². The van der Waals surface area contributed by atoms with Crippen LogP contribution in [-0.4, -0.2) is 17.8 Å². The van der Waals surface area contributed by atoms with Crippen LogP contribution in [0.4, 0.5) is 0 Å². The molecule has 0 N–H and O–H groups in total. The third kappa shape index (κ3) is 5.88. The van der Waals surface area contributed by atoms with Gasteiger partial charge in [0.2, 0.25) is 6.29 Å². The fraction of sp³-hybridized carbons (Fsp3) is 0.571. The van der Waals surface area contributed by atoms with E-state index in [1.165, 1.54) is 0 Å². The monoisotopic (exact) mass is 178 g/mol. The van der Waals surface area contributed by atoms with Crippen molar-refractivity contribution < 1.29 is 14.3 Å². The topological polar surface area (TPSA) is 35.5 Å². The molecule has 0 aliphatic heterocycles. The number of halogens is 1. The fourth-order valence-corrected chi connectivity index (χ4v) is 0.648. The van der Waals surface area contributed by atoms with E-state index >= 15 is 0 Å². The van der Waals surface area contributed by atoms with Gasteiger partial charge in [0, 0.05) is 6.08 Å². The Morgan fingerprint density at radius 2 is 2.18 bits per heavy atom. The fourth-order valence-electron chi connectivity index (χ4n) is 0.504. The zero-order chi connectivity index (χ0) is 8.85. The summed E-state index contributed by atoms with van der Waals surface area (Å²) in [5.74, 6) is -0.519. The summed E-state index contributed by atoms with van der Waals surface area (Å²) in [6.07, 6.45) is 0.437. The van der Waals surface area contributed by atoms with Gasteiger partial charge in [-0.1, -0.05) is 18.2 Å². The van der Waals surface area contributed by atoms with Gasteiger partial charge in [-0.15, -0.1) is 0 Å². The summed E-state index contributed by atoms with van der Waals surface area (Å²) in [7, 11) is 0. The van der Waals surface area contributed by atoms with Crippen LogP contribution in [0.1, 0.15) is 13.8 Å². The summed E-state index contributed by atoms with van der Waals surface area (Å²) in [6, 6.07) is 0. The molecule has 0 heterocycles. The van der Waals surface area contributed by atoms with Crippen LogP contribution in [0.5, 0.6) is 0 Å². The van der Waals surface area contributed by atoms with E-state index < -0.39 is 17.8 Å². The van der Waals surface area contributed by atoms with E-state index in [0.717, 1.165) is 6.08 Å². The van der Waals surface area contributed by atoms with Gasteiger partial charge in [0.1, 0.15) is 5.56 Å². The van der Waals surface area contributed by atoms with Crippen LogP contribution in [0, 0.1) is 0 Å². The van der Waals surface area contributed by atoms with Crippen LogP contribution in [-0.2, 0) is 14.3 Å². The van der Waals surface area contributed by atoms with Gasteiger partial charge in [-0.2, -0.15) is 0 Å². The maximum Gasteiger partial charge on any atom is 0.332 e. The first-order valence-electron chi connectivity index (χ1n) is 3.19. The van der Waals surface area contributed by atoms with Crippen LogP contribution in [0.3, 0.4) is 0 Å². The van der Waals surface area contributed by atoms with Crippen LogP contribution in [0.25, 0.3) is 0 Å². The molecule has 11 heavy (non-hydrogen) atoms. The van der Waals surface area contributed by atoms with Crippen molar-refractivity contribution >= 4 is 17.6 Å². The SMILES string of the molecule is C=CC(=O)OC(C)OC(C)Cl. The summed E-state index contributed by atoms with van der Waals surface area (Å²) in [6.45, 7) is 6.45. The van der Waals surface area contributed by atoms with Crippen molar-refractivity contribution in [2.75, 3.05) is 0 Å². The van der Waals surface area contributed by atoms with Crippen molar-refractivity contribution in [2.24, 2.45) is 0 Å².